The SMILES string of the molecule is CCN(Cc1cccs1)C(C)CCCNCC(C)C. The van der Waals surface area contributed by atoms with Crippen molar-refractivity contribution in [3.63, 3.8) is 0 Å². The third-order valence-corrected chi connectivity index (χ3v) is 4.36. The molecule has 0 amide bonds. The Morgan fingerprint density at radius 1 is 1.32 bits per heavy atom. The first kappa shape index (κ1) is 16.7. The highest BCUT2D eigenvalue weighted by molar-refractivity contribution is 7.09. The zero-order valence-corrected chi connectivity index (χ0v) is 13.8. The van der Waals surface area contributed by atoms with E-state index >= 15 is 0 Å². The smallest absolute Gasteiger partial charge is 0.0330 e. The number of rotatable bonds is 10. The van der Waals surface area contributed by atoms with Crippen LogP contribution in [0.25, 0.3) is 0 Å². The maximum Gasteiger partial charge on any atom is 0.0330 e. The number of nitrogens with zero attached hydrogens (tertiary/aromatic N) is 1. The first-order valence-corrected chi connectivity index (χ1v) is 8.48. The van der Waals surface area contributed by atoms with Crippen LogP contribution >= 0.6 is 11.3 Å². The second-order valence-electron chi connectivity index (χ2n) is 5.73. The normalized spacial score (nSPS) is 13.4. The van der Waals surface area contributed by atoms with Crippen molar-refractivity contribution < 1.29 is 0 Å². The predicted molar refractivity (Wildman–Crippen MR) is 86.8 cm³/mol. The van der Waals surface area contributed by atoms with Crippen LogP contribution in [0.2, 0.25) is 0 Å². The van der Waals surface area contributed by atoms with Crippen molar-refractivity contribution in [3.05, 3.63) is 22.4 Å². The minimum absolute atomic E-state index is 0.674. The molecule has 1 heterocycles. The van der Waals surface area contributed by atoms with Gasteiger partial charge in [0.25, 0.3) is 0 Å². The molecule has 1 aromatic rings. The van der Waals surface area contributed by atoms with E-state index in [1.807, 2.05) is 11.3 Å². The van der Waals surface area contributed by atoms with Gasteiger partial charge in [0, 0.05) is 17.5 Å². The zero-order valence-electron chi connectivity index (χ0n) is 13.0. The molecule has 0 aromatic carbocycles. The second-order valence-corrected chi connectivity index (χ2v) is 6.76. The van der Waals surface area contributed by atoms with E-state index in [4.69, 9.17) is 0 Å². The van der Waals surface area contributed by atoms with Gasteiger partial charge in [0.2, 0.25) is 0 Å². The van der Waals surface area contributed by atoms with Gasteiger partial charge in [-0.1, -0.05) is 26.8 Å². The van der Waals surface area contributed by atoms with Crippen LogP contribution in [-0.2, 0) is 6.54 Å². The fraction of sp³-hybridized carbons (Fsp3) is 0.750. The molecule has 1 rings (SSSR count). The van der Waals surface area contributed by atoms with E-state index in [0.717, 1.165) is 32.1 Å². The lowest BCUT2D eigenvalue weighted by molar-refractivity contribution is 0.200. The Balaban J connectivity index is 2.20. The fourth-order valence-corrected chi connectivity index (χ4v) is 3.01. The monoisotopic (exact) mass is 282 g/mol. The standard InChI is InChI=1S/C16H30N2S/c1-5-18(13-16-9-7-11-19-16)15(4)8-6-10-17-12-14(2)3/h7,9,11,14-15,17H,5-6,8,10,12-13H2,1-4H3. The molecule has 0 aliphatic heterocycles. The summed E-state index contributed by atoms with van der Waals surface area (Å²) in [5.41, 5.74) is 0. The molecule has 3 heteroatoms. The molecule has 0 radical (unpaired) electrons. The molecular formula is C16H30N2S. The summed E-state index contributed by atoms with van der Waals surface area (Å²) in [5, 5.41) is 5.70. The third kappa shape index (κ3) is 7.09. The summed E-state index contributed by atoms with van der Waals surface area (Å²) in [7, 11) is 0. The van der Waals surface area contributed by atoms with Gasteiger partial charge in [0.1, 0.15) is 0 Å². The lowest BCUT2D eigenvalue weighted by Gasteiger charge is -2.27. The molecule has 110 valence electrons. The van der Waals surface area contributed by atoms with E-state index in [2.05, 4.69) is 55.4 Å². The Hall–Kier alpha value is -0.380. The maximum atomic E-state index is 3.53. The number of thiophene rings is 1. The topological polar surface area (TPSA) is 15.3 Å². The van der Waals surface area contributed by atoms with Crippen molar-refractivity contribution >= 4 is 11.3 Å². The van der Waals surface area contributed by atoms with Crippen molar-refractivity contribution in [2.24, 2.45) is 5.92 Å². The molecule has 0 fully saturated rings. The number of hydrogen-bond donors (Lipinski definition) is 1. The third-order valence-electron chi connectivity index (χ3n) is 3.50. The summed E-state index contributed by atoms with van der Waals surface area (Å²) in [6, 6.07) is 5.06. The van der Waals surface area contributed by atoms with Gasteiger partial charge in [0.05, 0.1) is 0 Å². The van der Waals surface area contributed by atoms with Crippen LogP contribution in [0.4, 0.5) is 0 Å². The maximum absolute atomic E-state index is 3.53. The Morgan fingerprint density at radius 3 is 2.68 bits per heavy atom. The van der Waals surface area contributed by atoms with Crippen LogP contribution in [0.5, 0.6) is 0 Å². The van der Waals surface area contributed by atoms with E-state index in [0.29, 0.717) is 6.04 Å². The van der Waals surface area contributed by atoms with Gasteiger partial charge in [0.15, 0.2) is 0 Å². The van der Waals surface area contributed by atoms with E-state index in [-0.39, 0.29) is 0 Å². The average Bonchev–Trinajstić information content (AvgIpc) is 2.87. The zero-order chi connectivity index (χ0) is 14.1. The number of hydrogen-bond acceptors (Lipinski definition) is 3. The Bertz CT molecular complexity index is 309. The molecule has 2 nitrogen and oxygen atoms in total. The van der Waals surface area contributed by atoms with Crippen molar-refractivity contribution in [2.45, 2.75) is 53.1 Å². The van der Waals surface area contributed by atoms with Crippen molar-refractivity contribution in [2.75, 3.05) is 19.6 Å². The summed E-state index contributed by atoms with van der Waals surface area (Å²) >= 11 is 1.87. The molecule has 1 unspecified atom stereocenters. The van der Waals surface area contributed by atoms with Crippen molar-refractivity contribution in [1.82, 2.24) is 10.2 Å². The largest absolute Gasteiger partial charge is 0.316 e. The minimum atomic E-state index is 0.674. The van der Waals surface area contributed by atoms with Crippen LogP contribution in [0.1, 0.15) is 45.4 Å². The van der Waals surface area contributed by atoms with Crippen LogP contribution in [0.15, 0.2) is 17.5 Å². The van der Waals surface area contributed by atoms with Crippen LogP contribution in [0, 0.1) is 5.92 Å². The first-order valence-electron chi connectivity index (χ1n) is 7.60. The second kappa shape index (κ2) is 9.51. The van der Waals surface area contributed by atoms with Crippen LogP contribution in [-0.4, -0.2) is 30.6 Å². The van der Waals surface area contributed by atoms with Crippen LogP contribution in [0.3, 0.4) is 0 Å². The van der Waals surface area contributed by atoms with Gasteiger partial charge in [-0.3, -0.25) is 4.90 Å². The highest BCUT2D eigenvalue weighted by atomic mass is 32.1. The van der Waals surface area contributed by atoms with Gasteiger partial charge in [-0.2, -0.15) is 0 Å². The Morgan fingerprint density at radius 2 is 2.11 bits per heavy atom. The molecule has 1 atom stereocenters. The highest BCUT2D eigenvalue weighted by Crippen LogP contribution is 2.15. The van der Waals surface area contributed by atoms with Gasteiger partial charge in [-0.25, -0.2) is 0 Å². The van der Waals surface area contributed by atoms with E-state index in [9.17, 15) is 0 Å². The molecule has 19 heavy (non-hydrogen) atoms. The van der Waals surface area contributed by atoms with E-state index in [1.54, 1.807) is 0 Å². The molecular weight excluding hydrogens is 252 g/mol. The van der Waals surface area contributed by atoms with Gasteiger partial charge >= 0.3 is 0 Å². The summed E-state index contributed by atoms with van der Waals surface area (Å²) in [5.74, 6) is 0.753. The molecule has 0 aliphatic rings. The molecule has 0 saturated carbocycles. The van der Waals surface area contributed by atoms with E-state index in [1.165, 1.54) is 17.7 Å². The molecule has 1 aromatic heterocycles. The van der Waals surface area contributed by atoms with Crippen molar-refractivity contribution in [3.8, 4) is 0 Å². The van der Waals surface area contributed by atoms with Gasteiger partial charge in [-0.15, -0.1) is 11.3 Å². The Kier molecular flexibility index (Phi) is 8.35. The van der Waals surface area contributed by atoms with Gasteiger partial charge < -0.3 is 5.32 Å². The predicted octanol–water partition coefficient (Wildman–Crippen LogP) is 3.98. The van der Waals surface area contributed by atoms with Crippen molar-refractivity contribution in [1.29, 1.82) is 0 Å². The quantitative estimate of drug-likeness (QED) is 0.653. The molecule has 0 aliphatic carbocycles. The minimum Gasteiger partial charge on any atom is -0.316 e. The Labute approximate surface area is 123 Å². The summed E-state index contributed by atoms with van der Waals surface area (Å²) in [4.78, 5) is 4.06. The molecule has 0 bridgehead atoms. The average molecular weight is 282 g/mol. The van der Waals surface area contributed by atoms with E-state index < -0.39 is 0 Å². The molecule has 0 saturated heterocycles. The fourth-order valence-electron chi connectivity index (χ4n) is 2.28. The lowest BCUT2D eigenvalue weighted by Crippen LogP contribution is -2.33. The van der Waals surface area contributed by atoms with Gasteiger partial charge in [-0.05, 0) is 56.8 Å². The first-order chi connectivity index (χ1) is 9.13. The summed E-state index contributed by atoms with van der Waals surface area (Å²) in [6.45, 7) is 13.7. The molecule has 0 spiro atoms. The summed E-state index contributed by atoms with van der Waals surface area (Å²) < 4.78 is 0. The number of nitrogens with one attached hydrogen (secondary N) is 1. The lowest BCUT2D eigenvalue weighted by atomic mass is 10.1. The highest BCUT2D eigenvalue weighted by Gasteiger charge is 2.12. The summed E-state index contributed by atoms with van der Waals surface area (Å²) in [6.07, 6.45) is 2.55. The van der Waals surface area contributed by atoms with Crippen LogP contribution < -0.4 is 5.32 Å². The molecule has 1 N–H and O–H groups in total.